The van der Waals surface area contributed by atoms with Crippen molar-refractivity contribution in [3.05, 3.63) is 57.8 Å². The van der Waals surface area contributed by atoms with Gasteiger partial charge in [0.2, 0.25) is 0 Å². The number of halogens is 3. The van der Waals surface area contributed by atoms with E-state index in [9.17, 15) is 0 Å². The molecule has 0 aliphatic carbocycles. The average Bonchev–Trinajstić information content (AvgIpc) is 2.92. The summed E-state index contributed by atoms with van der Waals surface area (Å²) in [6.45, 7) is 2.47. The van der Waals surface area contributed by atoms with Crippen LogP contribution in [-0.2, 0) is 6.54 Å². The lowest BCUT2D eigenvalue weighted by Crippen LogP contribution is -2.06. The first-order valence-electron chi connectivity index (χ1n) is 6.28. The van der Waals surface area contributed by atoms with Gasteiger partial charge >= 0.3 is 0 Å². The van der Waals surface area contributed by atoms with E-state index in [0.29, 0.717) is 28.0 Å². The van der Waals surface area contributed by atoms with E-state index in [4.69, 9.17) is 23.2 Å². The SMILES string of the molecule is Cc1ncccc1Cn1nnnc1-c1cccc(Cl)c1Cl.Cl. The number of benzene rings is 1. The molecule has 0 saturated carbocycles. The molecule has 0 spiro atoms. The Balaban J connectivity index is 0.00000176. The molecule has 22 heavy (non-hydrogen) atoms. The molecule has 0 amide bonds. The summed E-state index contributed by atoms with van der Waals surface area (Å²) in [5.74, 6) is 0.575. The van der Waals surface area contributed by atoms with E-state index in [1.54, 1.807) is 16.9 Å². The van der Waals surface area contributed by atoms with Crippen molar-refractivity contribution in [2.75, 3.05) is 0 Å². The number of nitrogens with zero attached hydrogens (tertiary/aromatic N) is 5. The van der Waals surface area contributed by atoms with Crippen LogP contribution in [-0.4, -0.2) is 25.2 Å². The van der Waals surface area contributed by atoms with Crippen LogP contribution < -0.4 is 0 Å². The maximum absolute atomic E-state index is 6.24. The Labute approximate surface area is 143 Å². The Morgan fingerprint density at radius 1 is 1.14 bits per heavy atom. The Hall–Kier alpha value is -1.69. The monoisotopic (exact) mass is 355 g/mol. The quantitative estimate of drug-likeness (QED) is 0.716. The van der Waals surface area contributed by atoms with Gasteiger partial charge in [-0.25, -0.2) is 4.68 Å². The maximum atomic E-state index is 6.24. The summed E-state index contributed by atoms with van der Waals surface area (Å²) in [4.78, 5) is 4.26. The number of aromatic nitrogens is 5. The molecule has 0 bridgehead atoms. The second-order valence-electron chi connectivity index (χ2n) is 4.51. The second kappa shape index (κ2) is 7.05. The summed E-state index contributed by atoms with van der Waals surface area (Å²) in [5.41, 5.74) is 2.69. The van der Waals surface area contributed by atoms with Crippen LogP contribution >= 0.6 is 35.6 Å². The summed E-state index contributed by atoms with van der Waals surface area (Å²) in [7, 11) is 0. The van der Waals surface area contributed by atoms with Crippen molar-refractivity contribution in [1.29, 1.82) is 0 Å². The van der Waals surface area contributed by atoms with Gasteiger partial charge in [-0.15, -0.1) is 17.5 Å². The van der Waals surface area contributed by atoms with Crippen LogP contribution in [0, 0.1) is 6.92 Å². The van der Waals surface area contributed by atoms with Crippen molar-refractivity contribution >= 4 is 35.6 Å². The third kappa shape index (κ3) is 3.21. The smallest absolute Gasteiger partial charge is 0.183 e. The van der Waals surface area contributed by atoms with Crippen molar-refractivity contribution < 1.29 is 0 Å². The topological polar surface area (TPSA) is 56.5 Å². The standard InChI is InChI=1S/C14H11Cl2N5.ClH/c1-9-10(4-3-7-17-9)8-21-14(18-19-20-21)11-5-2-6-12(15)13(11)16;/h2-7H,8H2,1H3;1H. The van der Waals surface area contributed by atoms with Gasteiger partial charge in [0.15, 0.2) is 5.82 Å². The van der Waals surface area contributed by atoms with Gasteiger partial charge in [0.05, 0.1) is 16.6 Å². The van der Waals surface area contributed by atoms with Crippen molar-refractivity contribution in [1.82, 2.24) is 25.2 Å². The first-order chi connectivity index (χ1) is 10.2. The Morgan fingerprint density at radius 3 is 2.73 bits per heavy atom. The van der Waals surface area contributed by atoms with Crippen LogP contribution in [0.5, 0.6) is 0 Å². The Kier molecular flexibility index (Phi) is 5.34. The van der Waals surface area contributed by atoms with Crippen LogP contribution in [0.25, 0.3) is 11.4 Å². The van der Waals surface area contributed by atoms with Gasteiger partial charge in [-0.1, -0.05) is 35.3 Å². The van der Waals surface area contributed by atoms with Gasteiger partial charge in [-0.3, -0.25) is 4.98 Å². The molecule has 5 nitrogen and oxygen atoms in total. The molecule has 114 valence electrons. The molecule has 2 heterocycles. The third-order valence-electron chi connectivity index (χ3n) is 3.16. The summed E-state index contributed by atoms with van der Waals surface area (Å²) in [6, 6.07) is 9.27. The largest absolute Gasteiger partial charge is 0.261 e. The normalized spacial score (nSPS) is 10.3. The molecule has 0 saturated heterocycles. The summed E-state index contributed by atoms with van der Waals surface area (Å²) in [5, 5.41) is 12.7. The molecule has 2 aromatic heterocycles. The van der Waals surface area contributed by atoms with E-state index in [1.807, 2.05) is 31.2 Å². The van der Waals surface area contributed by atoms with Crippen molar-refractivity contribution in [3.63, 3.8) is 0 Å². The molecule has 0 aliphatic rings. The zero-order valence-corrected chi connectivity index (χ0v) is 13.9. The van der Waals surface area contributed by atoms with Gasteiger partial charge < -0.3 is 0 Å². The highest BCUT2D eigenvalue weighted by molar-refractivity contribution is 6.43. The van der Waals surface area contributed by atoms with Crippen LogP contribution in [0.4, 0.5) is 0 Å². The highest BCUT2D eigenvalue weighted by Crippen LogP contribution is 2.32. The highest BCUT2D eigenvalue weighted by Gasteiger charge is 2.15. The summed E-state index contributed by atoms with van der Waals surface area (Å²) in [6.07, 6.45) is 1.76. The number of hydrogen-bond donors (Lipinski definition) is 0. The molecular weight excluding hydrogens is 345 g/mol. The molecule has 8 heteroatoms. The average molecular weight is 357 g/mol. The lowest BCUT2D eigenvalue weighted by molar-refractivity contribution is 0.649. The highest BCUT2D eigenvalue weighted by atomic mass is 35.5. The number of rotatable bonds is 3. The van der Waals surface area contributed by atoms with Crippen LogP contribution in [0.3, 0.4) is 0 Å². The number of pyridine rings is 1. The molecule has 0 unspecified atom stereocenters. The van der Waals surface area contributed by atoms with Crippen molar-refractivity contribution in [2.45, 2.75) is 13.5 Å². The molecule has 0 aliphatic heterocycles. The van der Waals surface area contributed by atoms with Crippen LogP contribution in [0.15, 0.2) is 36.5 Å². The van der Waals surface area contributed by atoms with E-state index in [2.05, 4.69) is 20.5 Å². The van der Waals surface area contributed by atoms with Crippen LogP contribution in [0.1, 0.15) is 11.3 Å². The first-order valence-corrected chi connectivity index (χ1v) is 7.03. The zero-order valence-electron chi connectivity index (χ0n) is 11.6. The fourth-order valence-corrected chi connectivity index (χ4v) is 2.41. The summed E-state index contributed by atoms with van der Waals surface area (Å²) >= 11 is 12.3. The van der Waals surface area contributed by atoms with E-state index >= 15 is 0 Å². The Bertz CT molecular complexity index is 788. The number of tetrazole rings is 1. The predicted molar refractivity (Wildman–Crippen MR) is 88.6 cm³/mol. The molecule has 0 fully saturated rings. The minimum atomic E-state index is 0. The minimum Gasteiger partial charge on any atom is -0.261 e. The molecule has 0 N–H and O–H groups in total. The molecular formula is C14H12Cl3N5. The lowest BCUT2D eigenvalue weighted by atomic mass is 10.2. The van der Waals surface area contributed by atoms with Crippen molar-refractivity contribution in [3.8, 4) is 11.4 Å². The van der Waals surface area contributed by atoms with E-state index < -0.39 is 0 Å². The van der Waals surface area contributed by atoms with E-state index in [1.165, 1.54) is 0 Å². The maximum Gasteiger partial charge on any atom is 0.183 e. The van der Waals surface area contributed by atoms with Gasteiger partial charge in [0.1, 0.15) is 0 Å². The minimum absolute atomic E-state index is 0. The number of aryl methyl sites for hydroxylation is 1. The number of hydrogen-bond acceptors (Lipinski definition) is 4. The third-order valence-corrected chi connectivity index (χ3v) is 3.98. The molecule has 3 aromatic rings. The lowest BCUT2D eigenvalue weighted by Gasteiger charge is -2.08. The zero-order chi connectivity index (χ0) is 14.8. The van der Waals surface area contributed by atoms with Crippen LogP contribution in [0.2, 0.25) is 10.0 Å². The molecule has 0 atom stereocenters. The van der Waals surface area contributed by atoms with Crippen molar-refractivity contribution in [2.24, 2.45) is 0 Å². The van der Waals surface area contributed by atoms with E-state index in [-0.39, 0.29) is 12.4 Å². The molecule has 3 rings (SSSR count). The fraction of sp³-hybridized carbons (Fsp3) is 0.143. The summed E-state index contributed by atoms with van der Waals surface area (Å²) < 4.78 is 1.68. The molecule has 1 aromatic carbocycles. The van der Waals surface area contributed by atoms with Gasteiger partial charge in [0, 0.05) is 17.5 Å². The fourth-order valence-electron chi connectivity index (χ4n) is 2.03. The molecule has 0 radical (unpaired) electrons. The van der Waals surface area contributed by atoms with Gasteiger partial charge in [0.25, 0.3) is 0 Å². The van der Waals surface area contributed by atoms with Gasteiger partial charge in [-0.2, -0.15) is 0 Å². The predicted octanol–water partition coefficient (Wildman–Crippen LogP) is 3.82. The second-order valence-corrected chi connectivity index (χ2v) is 5.29. The van der Waals surface area contributed by atoms with Gasteiger partial charge in [-0.05, 0) is 41.1 Å². The Morgan fingerprint density at radius 2 is 1.95 bits per heavy atom. The first kappa shape index (κ1) is 16.7. The van der Waals surface area contributed by atoms with E-state index in [0.717, 1.165) is 11.3 Å².